The summed E-state index contributed by atoms with van der Waals surface area (Å²) in [4.78, 5) is 26.1. The molecule has 0 saturated carbocycles. The highest BCUT2D eigenvalue weighted by atomic mass is 79.9. The van der Waals surface area contributed by atoms with Gasteiger partial charge in [0.05, 0.1) is 23.1 Å². The number of halogens is 2. The van der Waals surface area contributed by atoms with Crippen LogP contribution in [0.2, 0.25) is 5.02 Å². The molecule has 1 aromatic rings. The van der Waals surface area contributed by atoms with Crippen LogP contribution in [0.4, 0.5) is 0 Å². The van der Waals surface area contributed by atoms with E-state index in [4.69, 9.17) is 16.3 Å². The Labute approximate surface area is 137 Å². The highest BCUT2D eigenvalue weighted by molar-refractivity contribution is 9.10. The van der Waals surface area contributed by atoms with Gasteiger partial charge in [0.25, 0.3) is 5.91 Å². The predicted octanol–water partition coefficient (Wildman–Crippen LogP) is 3.52. The highest BCUT2D eigenvalue weighted by Crippen LogP contribution is 2.28. The first-order chi connectivity index (χ1) is 10.0. The van der Waals surface area contributed by atoms with Gasteiger partial charge >= 0.3 is 5.97 Å². The van der Waals surface area contributed by atoms with Crippen LogP contribution in [0, 0.1) is 5.92 Å². The van der Waals surface area contributed by atoms with Crippen LogP contribution in [-0.2, 0) is 9.53 Å². The minimum Gasteiger partial charge on any atom is -0.466 e. The van der Waals surface area contributed by atoms with E-state index in [9.17, 15) is 9.59 Å². The molecule has 1 amide bonds. The molecular weight excluding hydrogens is 358 g/mol. The zero-order chi connectivity index (χ0) is 15.4. The van der Waals surface area contributed by atoms with Gasteiger partial charge in [0, 0.05) is 17.6 Å². The summed E-state index contributed by atoms with van der Waals surface area (Å²) in [6, 6.07) is 5.26. The van der Waals surface area contributed by atoms with Crippen LogP contribution in [0.1, 0.15) is 30.1 Å². The molecule has 0 radical (unpaired) electrons. The number of hydrogen-bond donors (Lipinski definition) is 0. The van der Waals surface area contributed by atoms with Crippen LogP contribution in [0.3, 0.4) is 0 Å². The third-order valence-corrected chi connectivity index (χ3v) is 4.81. The molecule has 1 aliphatic heterocycles. The summed E-state index contributed by atoms with van der Waals surface area (Å²) in [5.41, 5.74) is 0.454. The Morgan fingerprint density at radius 3 is 2.95 bits per heavy atom. The summed E-state index contributed by atoms with van der Waals surface area (Å²) < 4.78 is 5.74. The van der Waals surface area contributed by atoms with Crippen molar-refractivity contribution in [1.82, 2.24) is 4.90 Å². The Morgan fingerprint density at radius 2 is 2.24 bits per heavy atom. The first kappa shape index (κ1) is 16.3. The SMILES string of the molecule is CCOC(=O)[C@@H]1CCCN(C(=O)c2cccc(Br)c2Cl)C1. The van der Waals surface area contributed by atoms with Gasteiger partial charge in [-0.2, -0.15) is 0 Å². The first-order valence-corrected chi connectivity index (χ1v) is 8.11. The topological polar surface area (TPSA) is 46.6 Å². The van der Waals surface area contributed by atoms with E-state index in [0.29, 0.717) is 34.8 Å². The Balaban J connectivity index is 2.12. The Bertz CT molecular complexity index is 550. The van der Waals surface area contributed by atoms with E-state index < -0.39 is 0 Å². The lowest BCUT2D eigenvalue weighted by Crippen LogP contribution is -2.42. The van der Waals surface area contributed by atoms with Gasteiger partial charge in [-0.25, -0.2) is 0 Å². The molecular formula is C15H17BrClNO3. The number of hydrogen-bond acceptors (Lipinski definition) is 3. The van der Waals surface area contributed by atoms with E-state index in [0.717, 1.165) is 12.8 Å². The molecule has 1 heterocycles. The largest absolute Gasteiger partial charge is 0.466 e. The van der Waals surface area contributed by atoms with Crippen LogP contribution >= 0.6 is 27.5 Å². The van der Waals surface area contributed by atoms with Crippen molar-refractivity contribution in [1.29, 1.82) is 0 Å². The molecule has 0 N–H and O–H groups in total. The fraction of sp³-hybridized carbons (Fsp3) is 0.467. The molecule has 0 aliphatic carbocycles. The fourth-order valence-corrected chi connectivity index (χ4v) is 3.03. The quantitative estimate of drug-likeness (QED) is 0.761. The number of piperidine rings is 1. The van der Waals surface area contributed by atoms with E-state index in [1.54, 1.807) is 30.0 Å². The molecule has 6 heteroatoms. The predicted molar refractivity (Wildman–Crippen MR) is 84.4 cm³/mol. The average Bonchev–Trinajstić information content (AvgIpc) is 2.50. The Morgan fingerprint density at radius 1 is 1.48 bits per heavy atom. The third kappa shape index (κ3) is 3.77. The molecule has 1 aromatic carbocycles. The fourth-order valence-electron chi connectivity index (χ4n) is 2.45. The molecule has 0 unspecified atom stereocenters. The number of amides is 1. The van der Waals surface area contributed by atoms with E-state index >= 15 is 0 Å². The van der Waals surface area contributed by atoms with Crippen molar-refractivity contribution >= 4 is 39.4 Å². The molecule has 1 fully saturated rings. The van der Waals surface area contributed by atoms with Gasteiger partial charge in [-0.15, -0.1) is 0 Å². The van der Waals surface area contributed by atoms with Crippen LogP contribution < -0.4 is 0 Å². The Kier molecular flexibility index (Phi) is 5.65. The summed E-state index contributed by atoms with van der Waals surface area (Å²) >= 11 is 9.49. The maximum atomic E-state index is 12.6. The van der Waals surface area contributed by atoms with E-state index in [1.165, 1.54) is 0 Å². The van der Waals surface area contributed by atoms with Gasteiger partial charge in [0.2, 0.25) is 0 Å². The second-order valence-corrected chi connectivity index (χ2v) is 6.18. The number of carbonyl (C=O) groups excluding carboxylic acids is 2. The lowest BCUT2D eigenvalue weighted by Gasteiger charge is -2.31. The van der Waals surface area contributed by atoms with Crippen molar-refractivity contribution in [3.05, 3.63) is 33.3 Å². The molecule has 0 spiro atoms. The smallest absolute Gasteiger partial charge is 0.310 e. The third-order valence-electron chi connectivity index (χ3n) is 3.51. The zero-order valence-corrected chi connectivity index (χ0v) is 14.1. The normalized spacial score (nSPS) is 18.4. The number of ether oxygens (including phenoxy) is 1. The van der Waals surface area contributed by atoms with Crippen molar-refractivity contribution in [2.45, 2.75) is 19.8 Å². The number of carbonyl (C=O) groups is 2. The number of rotatable bonds is 3. The second kappa shape index (κ2) is 7.27. The molecule has 1 saturated heterocycles. The van der Waals surface area contributed by atoms with E-state index in [2.05, 4.69) is 15.9 Å². The molecule has 1 aliphatic rings. The van der Waals surface area contributed by atoms with Gasteiger partial charge in [0.15, 0.2) is 0 Å². The molecule has 1 atom stereocenters. The van der Waals surface area contributed by atoms with Crippen molar-refractivity contribution in [2.75, 3.05) is 19.7 Å². The monoisotopic (exact) mass is 373 g/mol. The van der Waals surface area contributed by atoms with Gasteiger partial charge in [-0.3, -0.25) is 9.59 Å². The highest BCUT2D eigenvalue weighted by Gasteiger charge is 2.30. The lowest BCUT2D eigenvalue weighted by atomic mass is 9.97. The molecule has 0 aromatic heterocycles. The molecule has 0 bridgehead atoms. The second-order valence-electron chi connectivity index (χ2n) is 4.94. The van der Waals surface area contributed by atoms with Crippen LogP contribution in [0.15, 0.2) is 22.7 Å². The number of benzene rings is 1. The van der Waals surface area contributed by atoms with Gasteiger partial charge in [-0.1, -0.05) is 17.7 Å². The van der Waals surface area contributed by atoms with Crippen LogP contribution in [-0.4, -0.2) is 36.5 Å². The van der Waals surface area contributed by atoms with E-state index in [-0.39, 0.29) is 17.8 Å². The summed E-state index contributed by atoms with van der Waals surface area (Å²) in [5.74, 6) is -0.612. The number of esters is 1. The standard InChI is InChI=1S/C15H17BrClNO3/c1-2-21-15(20)10-5-4-8-18(9-10)14(19)11-6-3-7-12(16)13(11)17/h3,6-7,10H,2,4-5,8-9H2,1H3/t10-/m1/s1. The van der Waals surface area contributed by atoms with Gasteiger partial charge in [0.1, 0.15) is 0 Å². The van der Waals surface area contributed by atoms with Crippen LogP contribution in [0.5, 0.6) is 0 Å². The summed E-state index contributed by atoms with van der Waals surface area (Å²) in [6.45, 7) is 3.17. The van der Waals surface area contributed by atoms with Crippen molar-refractivity contribution in [2.24, 2.45) is 5.92 Å². The number of likely N-dealkylation sites (tertiary alicyclic amines) is 1. The summed E-state index contributed by atoms with van der Waals surface area (Å²) in [6.07, 6.45) is 1.55. The van der Waals surface area contributed by atoms with Crippen LogP contribution in [0.25, 0.3) is 0 Å². The van der Waals surface area contributed by atoms with Crippen molar-refractivity contribution < 1.29 is 14.3 Å². The zero-order valence-electron chi connectivity index (χ0n) is 11.8. The Hall–Kier alpha value is -1.07. The maximum absolute atomic E-state index is 12.6. The van der Waals surface area contributed by atoms with Crippen molar-refractivity contribution in [3.8, 4) is 0 Å². The average molecular weight is 375 g/mol. The van der Waals surface area contributed by atoms with E-state index in [1.807, 2.05) is 0 Å². The minimum atomic E-state index is -0.242. The minimum absolute atomic E-state index is 0.143. The molecule has 2 rings (SSSR count). The van der Waals surface area contributed by atoms with Crippen molar-refractivity contribution in [3.63, 3.8) is 0 Å². The lowest BCUT2D eigenvalue weighted by molar-refractivity contribution is -0.149. The maximum Gasteiger partial charge on any atom is 0.310 e. The van der Waals surface area contributed by atoms with Gasteiger partial charge in [-0.05, 0) is 47.8 Å². The summed E-state index contributed by atoms with van der Waals surface area (Å²) in [5, 5.41) is 0.403. The molecule has 114 valence electrons. The number of nitrogens with zero attached hydrogens (tertiary/aromatic N) is 1. The summed E-state index contributed by atoms with van der Waals surface area (Å²) in [7, 11) is 0. The van der Waals surface area contributed by atoms with Gasteiger partial charge < -0.3 is 9.64 Å². The first-order valence-electron chi connectivity index (χ1n) is 6.94. The molecule has 21 heavy (non-hydrogen) atoms. The molecule has 4 nitrogen and oxygen atoms in total.